The summed E-state index contributed by atoms with van der Waals surface area (Å²) in [6.45, 7) is 11.5. The molecule has 0 fully saturated rings. The Morgan fingerprint density at radius 1 is 1.03 bits per heavy atom. The zero-order chi connectivity index (χ0) is 24.7. The molecule has 5 nitrogen and oxygen atoms in total. The van der Waals surface area contributed by atoms with Gasteiger partial charge in [0.05, 0.1) is 10.4 Å². The number of allylic oxidation sites excluding steroid dienone is 3. The van der Waals surface area contributed by atoms with Crippen molar-refractivity contribution in [1.29, 1.82) is 0 Å². The summed E-state index contributed by atoms with van der Waals surface area (Å²) in [6, 6.07) is 5.63. The number of hydrogen-bond donors (Lipinski definition) is 0. The highest BCUT2D eigenvalue weighted by atomic mass is 32.2. The number of aromatic nitrogens is 1. The van der Waals surface area contributed by atoms with E-state index in [1.54, 1.807) is 12.2 Å². The molecular weight excluding hydrogens is 444 g/mol. The number of carbonyl (C=O) groups excluding carboxylic acids is 1. The van der Waals surface area contributed by atoms with Crippen LogP contribution < -0.4 is 0 Å². The molecule has 0 aromatic carbocycles. The summed E-state index contributed by atoms with van der Waals surface area (Å²) in [7, 11) is -3.77. The SMILES string of the molecule is CCCCN(CCCC)CCCC1=CC(=O)CC=C1S(=O)(=O)c1c(C(C)C)cn2ccccc12. The van der Waals surface area contributed by atoms with Crippen molar-refractivity contribution in [1.82, 2.24) is 9.30 Å². The van der Waals surface area contributed by atoms with Gasteiger partial charge in [-0.2, -0.15) is 0 Å². The summed E-state index contributed by atoms with van der Waals surface area (Å²) in [6.07, 6.45) is 13.3. The van der Waals surface area contributed by atoms with Crippen LogP contribution in [0.1, 0.15) is 84.1 Å². The number of ketones is 1. The van der Waals surface area contributed by atoms with E-state index in [4.69, 9.17) is 0 Å². The zero-order valence-electron chi connectivity index (χ0n) is 21.2. The van der Waals surface area contributed by atoms with Gasteiger partial charge in [0.15, 0.2) is 5.78 Å². The van der Waals surface area contributed by atoms with Crippen LogP contribution in [0.5, 0.6) is 0 Å². The first-order chi connectivity index (χ1) is 16.3. The first-order valence-corrected chi connectivity index (χ1v) is 14.3. The molecule has 34 heavy (non-hydrogen) atoms. The van der Waals surface area contributed by atoms with Crippen molar-refractivity contribution in [2.45, 2.75) is 83.5 Å². The fourth-order valence-electron chi connectivity index (χ4n) is 4.65. The smallest absolute Gasteiger partial charge is 0.208 e. The Labute approximate surface area is 205 Å². The number of sulfone groups is 1. The van der Waals surface area contributed by atoms with Crippen molar-refractivity contribution >= 4 is 21.1 Å². The molecule has 2 aromatic rings. The highest BCUT2D eigenvalue weighted by Crippen LogP contribution is 2.37. The van der Waals surface area contributed by atoms with Crippen LogP contribution in [0.4, 0.5) is 0 Å². The molecule has 0 bridgehead atoms. The summed E-state index contributed by atoms with van der Waals surface area (Å²) in [5.74, 6) is 0.0437. The molecule has 0 radical (unpaired) electrons. The Kier molecular flexibility index (Phi) is 9.31. The average Bonchev–Trinajstić information content (AvgIpc) is 3.21. The first kappa shape index (κ1) is 26.4. The quantitative estimate of drug-likeness (QED) is 0.335. The minimum absolute atomic E-state index is 0.0198. The number of hydrogen-bond acceptors (Lipinski definition) is 4. The highest BCUT2D eigenvalue weighted by Gasteiger charge is 2.32. The molecular formula is C28H40N2O3S. The molecule has 6 heteroatoms. The van der Waals surface area contributed by atoms with Crippen molar-refractivity contribution in [3.63, 3.8) is 0 Å². The van der Waals surface area contributed by atoms with Crippen molar-refractivity contribution < 1.29 is 13.2 Å². The van der Waals surface area contributed by atoms with E-state index in [0.29, 0.717) is 27.3 Å². The van der Waals surface area contributed by atoms with E-state index >= 15 is 0 Å². The monoisotopic (exact) mass is 484 g/mol. The Morgan fingerprint density at radius 2 is 1.71 bits per heavy atom. The van der Waals surface area contributed by atoms with Crippen molar-refractivity contribution in [2.24, 2.45) is 0 Å². The topological polar surface area (TPSA) is 58.9 Å². The number of nitrogens with zero attached hydrogens (tertiary/aromatic N) is 2. The van der Waals surface area contributed by atoms with E-state index in [0.717, 1.165) is 44.5 Å². The second-order valence-corrected chi connectivity index (χ2v) is 11.5. The lowest BCUT2D eigenvalue weighted by Gasteiger charge is -2.23. The third kappa shape index (κ3) is 6.08. The predicted molar refractivity (Wildman–Crippen MR) is 140 cm³/mol. The van der Waals surface area contributed by atoms with Gasteiger partial charge in [0.1, 0.15) is 4.90 Å². The maximum atomic E-state index is 14.0. The van der Waals surface area contributed by atoms with Crippen LogP contribution in [0.3, 0.4) is 0 Å². The van der Waals surface area contributed by atoms with Crippen LogP contribution in [0.15, 0.2) is 58.1 Å². The Hall–Kier alpha value is -2.18. The van der Waals surface area contributed by atoms with Crippen LogP contribution in [-0.2, 0) is 14.6 Å². The number of rotatable bonds is 13. The van der Waals surface area contributed by atoms with Gasteiger partial charge >= 0.3 is 0 Å². The third-order valence-electron chi connectivity index (χ3n) is 6.56. The minimum atomic E-state index is -3.77. The Bertz CT molecular complexity index is 1150. The van der Waals surface area contributed by atoms with E-state index in [9.17, 15) is 13.2 Å². The molecule has 0 saturated heterocycles. The molecule has 2 heterocycles. The number of pyridine rings is 1. The highest BCUT2D eigenvalue weighted by molar-refractivity contribution is 7.95. The van der Waals surface area contributed by atoms with E-state index in [1.165, 1.54) is 12.8 Å². The van der Waals surface area contributed by atoms with Gasteiger partial charge in [0.25, 0.3) is 0 Å². The lowest BCUT2D eigenvalue weighted by atomic mass is 10.0. The number of carbonyl (C=O) groups is 1. The molecule has 0 saturated carbocycles. The van der Waals surface area contributed by atoms with Gasteiger partial charge in [-0.1, -0.05) is 52.7 Å². The standard InChI is InChI=1S/C28H40N2O3S/c1-5-7-16-29(17-8-6-2)18-11-12-23-20-24(31)14-15-27(23)34(32,33)28-25(22(3)4)21-30-19-10-9-13-26(28)30/h9-10,13,15,19-22H,5-8,11-12,14,16-18H2,1-4H3. The summed E-state index contributed by atoms with van der Waals surface area (Å²) < 4.78 is 30.0. The van der Waals surface area contributed by atoms with Gasteiger partial charge in [-0.05, 0) is 80.6 Å². The molecule has 0 spiro atoms. The van der Waals surface area contributed by atoms with Crippen molar-refractivity contribution in [3.8, 4) is 0 Å². The molecule has 1 aliphatic carbocycles. The molecule has 186 valence electrons. The minimum Gasteiger partial charge on any atom is -0.322 e. The lowest BCUT2D eigenvalue weighted by molar-refractivity contribution is -0.114. The van der Waals surface area contributed by atoms with Crippen LogP contribution in [-0.4, -0.2) is 43.1 Å². The second-order valence-electron chi connectivity index (χ2n) is 9.63. The maximum Gasteiger partial charge on any atom is 0.208 e. The van der Waals surface area contributed by atoms with Crippen LogP contribution in [0, 0.1) is 0 Å². The number of unbranched alkanes of at least 4 members (excludes halogenated alkanes) is 2. The van der Waals surface area contributed by atoms with Gasteiger partial charge in [-0.15, -0.1) is 0 Å². The summed E-state index contributed by atoms with van der Waals surface area (Å²) in [5.41, 5.74) is 2.16. The van der Waals surface area contributed by atoms with E-state index in [-0.39, 0.29) is 18.1 Å². The third-order valence-corrected chi connectivity index (χ3v) is 8.55. The summed E-state index contributed by atoms with van der Waals surface area (Å²) >= 11 is 0. The van der Waals surface area contributed by atoms with Gasteiger partial charge in [-0.3, -0.25) is 4.79 Å². The largest absolute Gasteiger partial charge is 0.322 e. The molecule has 0 amide bonds. The molecule has 1 aliphatic rings. The molecule has 0 atom stereocenters. The predicted octanol–water partition coefficient (Wildman–Crippen LogP) is 6.30. The van der Waals surface area contributed by atoms with Crippen LogP contribution in [0.2, 0.25) is 0 Å². The number of fused-ring (bicyclic) bond motifs is 1. The maximum absolute atomic E-state index is 14.0. The summed E-state index contributed by atoms with van der Waals surface area (Å²) in [5, 5.41) is 0. The van der Waals surface area contributed by atoms with Gasteiger partial charge in [-0.25, -0.2) is 8.42 Å². The fourth-order valence-corrected chi connectivity index (χ4v) is 6.73. The summed E-state index contributed by atoms with van der Waals surface area (Å²) in [4.78, 5) is 15.4. The molecule has 0 aliphatic heterocycles. The second kappa shape index (κ2) is 12.0. The van der Waals surface area contributed by atoms with E-state index in [2.05, 4.69) is 18.7 Å². The lowest BCUT2D eigenvalue weighted by Crippen LogP contribution is -2.27. The van der Waals surface area contributed by atoms with Gasteiger partial charge in [0, 0.05) is 18.8 Å². The van der Waals surface area contributed by atoms with Crippen molar-refractivity contribution in [3.05, 3.63) is 58.8 Å². The first-order valence-electron chi connectivity index (χ1n) is 12.8. The molecule has 0 unspecified atom stereocenters. The molecule has 0 N–H and O–H groups in total. The van der Waals surface area contributed by atoms with Crippen LogP contribution >= 0.6 is 0 Å². The van der Waals surface area contributed by atoms with E-state index < -0.39 is 9.84 Å². The molecule has 2 aromatic heterocycles. The normalized spacial score (nSPS) is 14.8. The van der Waals surface area contributed by atoms with Crippen LogP contribution in [0.25, 0.3) is 5.52 Å². The zero-order valence-corrected chi connectivity index (χ0v) is 22.0. The van der Waals surface area contributed by atoms with E-state index in [1.807, 2.05) is 48.8 Å². The average molecular weight is 485 g/mol. The van der Waals surface area contributed by atoms with Crippen molar-refractivity contribution in [2.75, 3.05) is 19.6 Å². The van der Waals surface area contributed by atoms with Gasteiger partial charge in [0.2, 0.25) is 9.84 Å². The Morgan fingerprint density at radius 3 is 2.35 bits per heavy atom. The molecule has 3 rings (SSSR count). The Balaban J connectivity index is 1.87. The fraction of sp³-hybridized carbons (Fsp3) is 0.536. The van der Waals surface area contributed by atoms with Gasteiger partial charge < -0.3 is 9.30 Å².